The lowest BCUT2D eigenvalue weighted by Gasteiger charge is -2.32. The van der Waals surface area contributed by atoms with E-state index in [0.717, 1.165) is 38.0 Å². The van der Waals surface area contributed by atoms with E-state index >= 15 is 0 Å². The standard InChI is InChI=1S/C18H23ClFN3O2/c19-16-11-12(20)1-4-15(16)18(25)21-8-5-17(24)22-13-6-9-23(10-7-13)14-2-3-14/h1,4,11,13-14H,2-3,5-10H2,(H,21,25)(H,22,24). The van der Waals surface area contributed by atoms with Crippen molar-refractivity contribution in [2.45, 2.75) is 44.2 Å². The molecule has 0 atom stereocenters. The molecule has 136 valence electrons. The first kappa shape index (κ1) is 18.1. The van der Waals surface area contributed by atoms with Crippen LogP contribution >= 0.6 is 11.6 Å². The molecule has 2 amide bonds. The van der Waals surface area contributed by atoms with Crippen LogP contribution in [0.15, 0.2) is 18.2 Å². The maximum atomic E-state index is 13.0. The van der Waals surface area contributed by atoms with Crippen LogP contribution in [-0.2, 0) is 4.79 Å². The Morgan fingerprint density at radius 3 is 2.56 bits per heavy atom. The van der Waals surface area contributed by atoms with Gasteiger partial charge < -0.3 is 15.5 Å². The average molecular weight is 368 g/mol. The average Bonchev–Trinajstić information content (AvgIpc) is 3.40. The maximum absolute atomic E-state index is 13.0. The molecule has 0 spiro atoms. The van der Waals surface area contributed by atoms with Gasteiger partial charge in [0.15, 0.2) is 0 Å². The Hall–Kier alpha value is -1.66. The molecule has 1 heterocycles. The number of rotatable bonds is 6. The van der Waals surface area contributed by atoms with Crippen LogP contribution in [0.2, 0.25) is 5.02 Å². The van der Waals surface area contributed by atoms with Gasteiger partial charge in [-0.3, -0.25) is 9.59 Å². The maximum Gasteiger partial charge on any atom is 0.252 e. The Labute approximate surface area is 151 Å². The third-order valence-electron chi connectivity index (χ3n) is 4.77. The molecule has 2 aliphatic rings. The van der Waals surface area contributed by atoms with Gasteiger partial charge in [-0.05, 0) is 43.9 Å². The van der Waals surface area contributed by atoms with Crippen LogP contribution in [0.5, 0.6) is 0 Å². The first-order chi connectivity index (χ1) is 12.0. The lowest BCUT2D eigenvalue weighted by molar-refractivity contribution is -0.122. The minimum absolute atomic E-state index is 0.0596. The van der Waals surface area contributed by atoms with E-state index in [0.29, 0.717) is 0 Å². The smallest absolute Gasteiger partial charge is 0.252 e. The Bertz CT molecular complexity index is 643. The second-order valence-electron chi connectivity index (χ2n) is 6.74. The molecule has 0 radical (unpaired) electrons. The summed E-state index contributed by atoms with van der Waals surface area (Å²) in [6.45, 7) is 2.32. The fourth-order valence-corrected chi connectivity index (χ4v) is 3.46. The van der Waals surface area contributed by atoms with Gasteiger partial charge in [0.05, 0.1) is 10.6 Å². The monoisotopic (exact) mass is 367 g/mol. The molecule has 1 aliphatic heterocycles. The predicted octanol–water partition coefficient (Wildman–Crippen LogP) is 2.34. The van der Waals surface area contributed by atoms with Gasteiger partial charge >= 0.3 is 0 Å². The van der Waals surface area contributed by atoms with Crippen LogP contribution in [-0.4, -0.2) is 48.4 Å². The predicted molar refractivity (Wildman–Crippen MR) is 94.1 cm³/mol. The van der Waals surface area contributed by atoms with Gasteiger partial charge in [-0.25, -0.2) is 4.39 Å². The van der Waals surface area contributed by atoms with Crippen molar-refractivity contribution in [2.75, 3.05) is 19.6 Å². The molecule has 1 saturated carbocycles. The van der Waals surface area contributed by atoms with Crippen molar-refractivity contribution < 1.29 is 14.0 Å². The summed E-state index contributed by atoms with van der Waals surface area (Å²) in [6, 6.07) is 4.62. The summed E-state index contributed by atoms with van der Waals surface area (Å²) in [7, 11) is 0. The number of nitrogens with one attached hydrogen (secondary N) is 2. The van der Waals surface area contributed by atoms with E-state index in [4.69, 9.17) is 11.6 Å². The van der Waals surface area contributed by atoms with Crippen LogP contribution < -0.4 is 10.6 Å². The van der Waals surface area contributed by atoms with Gasteiger partial charge in [0.2, 0.25) is 5.91 Å². The zero-order valence-electron chi connectivity index (χ0n) is 14.1. The lowest BCUT2D eigenvalue weighted by Crippen LogP contribution is -2.45. The summed E-state index contributed by atoms with van der Waals surface area (Å²) in [6.07, 6.45) is 4.82. The van der Waals surface area contributed by atoms with Crippen molar-refractivity contribution in [3.8, 4) is 0 Å². The highest BCUT2D eigenvalue weighted by Crippen LogP contribution is 2.29. The molecule has 2 fully saturated rings. The van der Waals surface area contributed by atoms with E-state index in [-0.39, 0.29) is 35.5 Å². The molecule has 1 saturated heterocycles. The molecule has 7 heteroatoms. The molecule has 2 N–H and O–H groups in total. The number of piperidine rings is 1. The number of likely N-dealkylation sites (tertiary alicyclic amines) is 1. The molecule has 5 nitrogen and oxygen atoms in total. The van der Waals surface area contributed by atoms with Crippen molar-refractivity contribution >= 4 is 23.4 Å². The summed E-state index contributed by atoms with van der Waals surface area (Å²) in [5, 5.41) is 5.74. The van der Waals surface area contributed by atoms with Gasteiger partial charge in [0, 0.05) is 38.1 Å². The molecule has 1 aromatic carbocycles. The number of nitrogens with zero attached hydrogens (tertiary/aromatic N) is 1. The van der Waals surface area contributed by atoms with E-state index in [9.17, 15) is 14.0 Å². The largest absolute Gasteiger partial charge is 0.353 e. The molecule has 1 aliphatic carbocycles. The van der Waals surface area contributed by atoms with Crippen molar-refractivity contribution in [2.24, 2.45) is 0 Å². The number of benzene rings is 1. The molecule has 25 heavy (non-hydrogen) atoms. The fraction of sp³-hybridized carbons (Fsp3) is 0.556. The normalized spacial score (nSPS) is 18.8. The molecule has 1 aromatic rings. The molecule has 3 rings (SSSR count). The van der Waals surface area contributed by atoms with Crippen LogP contribution in [0, 0.1) is 5.82 Å². The van der Waals surface area contributed by atoms with Gasteiger partial charge in [-0.1, -0.05) is 11.6 Å². The highest BCUT2D eigenvalue weighted by molar-refractivity contribution is 6.33. The molecule has 0 bridgehead atoms. The summed E-state index contributed by atoms with van der Waals surface area (Å²) in [5.74, 6) is -0.959. The summed E-state index contributed by atoms with van der Waals surface area (Å²) in [4.78, 5) is 26.5. The lowest BCUT2D eigenvalue weighted by atomic mass is 10.0. The number of hydrogen-bond donors (Lipinski definition) is 2. The number of amides is 2. The molecule has 0 aromatic heterocycles. The minimum atomic E-state index is -0.492. The van der Waals surface area contributed by atoms with Gasteiger partial charge in [0.1, 0.15) is 5.82 Å². The van der Waals surface area contributed by atoms with Crippen LogP contribution in [0.1, 0.15) is 42.5 Å². The first-order valence-corrected chi connectivity index (χ1v) is 9.17. The zero-order chi connectivity index (χ0) is 17.8. The molecule has 0 unspecified atom stereocenters. The Kier molecular flexibility index (Phi) is 5.91. The van der Waals surface area contributed by atoms with E-state index in [1.54, 1.807) is 0 Å². The van der Waals surface area contributed by atoms with E-state index in [1.165, 1.54) is 25.0 Å². The Morgan fingerprint density at radius 2 is 1.92 bits per heavy atom. The number of hydrogen-bond acceptors (Lipinski definition) is 3. The SMILES string of the molecule is O=C(CCNC(=O)c1ccc(F)cc1Cl)NC1CCN(C2CC2)CC1. The Balaban J connectivity index is 1.35. The second-order valence-corrected chi connectivity index (χ2v) is 7.15. The third kappa shape index (κ3) is 5.16. The van der Waals surface area contributed by atoms with E-state index < -0.39 is 11.7 Å². The zero-order valence-corrected chi connectivity index (χ0v) is 14.8. The first-order valence-electron chi connectivity index (χ1n) is 8.79. The van der Waals surface area contributed by atoms with Crippen molar-refractivity contribution in [3.63, 3.8) is 0 Å². The summed E-state index contributed by atoms with van der Waals surface area (Å²) in [5.41, 5.74) is 0.205. The van der Waals surface area contributed by atoms with Crippen molar-refractivity contribution in [1.29, 1.82) is 0 Å². The van der Waals surface area contributed by atoms with Gasteiger partial charge in [0.25, 0.3) is 5.91 Å². The van der Waals surface area contributed by atoms with Gasteiger partial charge in [-0.15, -0.1) is 0 Å². The number of carbonyl (C=O) groups is 2. The quantitative estimate of drug-likeness (QED) is 0.811. The van der Waals surface area contributed by atoms with Crippen molar-refractivity contribution in [1.82, 2.24) is 15.5 Å². The van der Waals surface area contributed by atoms with Crippen LogP contribution in [0.3, 0.4) is 0 Å². The summed E-state index contributed by atoms with van der Waals surface area (Å²) < 4.78 is 13.0. The van der Waals surface area contributed by atoms with Crippen LogP contribution in [0.4, 0.5) is 4.39 Å². The highest BCUT2D eigenvalue weighted by atomic mass is 35.5. The van der Waals surface area contributed by atoms with Crippen LogP contribution in [0.25, 0.3) is 0 Å². The Morgan fingerprint density at radius 1 is 1.20 bits per heavy atom. The second kappa shape index (κ2) is 8.15. The molecular weight excluding hydrogens is 345 g/mol. The minimum Gasteiger partial charge on any atom is -0.353 e. The van der Waals surface area contributed by atoms with Crippen molar-refractivity contribution in [3.05, 3.63) is 34.6 Å². The molecular formula is C18H23ClFN3O2. The van der Waals surface area contributed by atoms with Gasteiger partial charge in [-0.2, -0.15) is 0 Å². The summed E-state index contributed by atoms with van der Waals surface area (Å²) >= 11 is 5.85. The van der Waals surface area contributed by atoms with E-state index in [1.807, 2.05) is 0 Å². The van der Waals surface area contributed by atoms with E-state index in [2.05, 4.69) is 15.5 Å². The third-order valence-corrected chi connectivity index (χ3v) is 5.08. The number of carbonyl (C=O) groups excluding carboxylic acids is 2. The fourth-order valence-electron chi connectivity index (χ4n) is 3.21. The topological polar surface area (TPSA) is 61.4 Å². The number of halogens is 2. The highest BCUT2D eigenvalue weighted by Gasteiger charge is 2.32.